The average Bonchev–Trinajstić information content (AvgIpc) is 3.29. The number of rotatable bonds is 12. The van der Waals surface area contributed by atoms with Crippen LogP contribution in [0.5, 0.6) is 5.75 Å². The number of hydrogen-bond acceptors (Lipinski definition) is 8. The Hall–Kier alpha value is -3.86. The predicted octanol–water partition coefficient (Wildman–Crippen LogP) is 3.19. The van der Waals surface area contributed by atoms with Crippen molar-refractivity contribution in [3.8, 4) is 5.75 Å². The number of nitrogens with one attached hydrogen (secondary N) is 2. The van der Waals surface area contributed by atoms with Crippen LogP contribution in [0, 0.1) is 0 Å². The van der Waals surface area contributed by atoms with Crippen molar-refractivity contribution in [2.75, 3.05) is 31.3 Å². The Balaban J connectivity index is 1.50. The lowest BCUT2D eigenvalue weighted by Crippen LogP contribution is -2.26. The molecule has 1 aromatic heterocycles. The molecule has 0 aliphatic heterocycles. The zero-order valence-electron chi connectivity index (χ0n) is 20.4. The number of ether oxygens (including phenoxy) is 2. The maximum atomic E-state index is 12.5. The quantitative estimate of drug-likeness (QED) is 0.281. The van der Waals surface area contributed by atoms with Crippen LogP contribution in [-0.4, -0.2) is 58.6 Å². The second kappa shape index (κ2) is 13.3. The third-order valence-corrected chi connectivity index (χ3v) is 6.05. The van der Waals surface area contributed by atoms with E-state index in [0.29, 0.717) is 47.2 Å². The minimum atomic E-state index is -0.438. The second-order valence-electron chi connectivity index (χ2n) is 7.52. The molecule has 2 N–H and O–H groups in total. The van der Waals surface area contributed by atoms with E-state index in [1.54, 1.807) is 62.6 Å². The van der Waals surface area contributed by atoms with Gasteiger partial charge in [0.15, 0.2) is 5.16 Å². The van der Waals surface area contributed by atoms with Crippen LogP contribution < -0.4 is 15.4 Å². The molecule has 11 heteroatoms. The lowest BCUT2D eigenvalue weighted by Gasteiger charge is -2.09. The Kier molecular flexibility index (Phi) is 9.87. The Morgan fingerprint density at radius 3 is 2.50 bits per heavy atom. The van der Waals surface area contributed by atoms with Gasteiger partial charge >= 0.3 is 5.97 Å². The van der Waals surface area contributed by atoms with Crippen LogP contribution in [0.1, 0.15) is 40.4 Å². The number of amides is 2. The minimum absolute atomic E-state index is 0.121. The number of nitrogens with zero attached hydrogens (tertiary/aromatic N) is 3. The lowest BCUT2D eigenvalue weighted by atomic mass is 10.2. The first-order valence-corrected chi connectivity index (χ1v) is 12.5. The number of anilines is 1. The van der Waals surface area contributed by atoms with Gasteiger partial charge in [-0.05, 0) is 56.3 Å². The first-order chi connectivity index (χ1) is 17.4. The number of aromatic nitrogens is 3. The number of esters is 1. The molecule has 0 fully saturated rings. The molecule has 0 bridgehead atoms. The summed E-state index contributed by atoms with van der Waals surface area (Å²) in [6, 6.07) is 13.5. The minimum Gasteiger partial charge on any atom is -0.497 e. The van der Waals surface area contributed by atoms with Gasteiger partial charge in [-0.3, -0.25) is 9.59 Å². The van der Waals surface area contributed by atoms with E-state index in [2.05, 4.69) is 20.8 Å². The van der Waals surface area contributed by atoms with E-state index in [1.807, 2.05) is 11.5 Å². The summed E-state index contributed by atoms with van der Waals surface area (Å²) >= 11 is 1.27. The maximum Gasteiger partial charge on any atom is 0.338 e. The van der Waals surface area contributed by atoms with E-state index < -0.39 is 5.97 Å². The van der Waals surface area contributed by atoms with E-state index in [9.17, 15) is 14.4 Å². The molecule has 0 atom stereocenters. The normalized spacial score (nSPS) is 10.5. The summed E-state index contributed by atoms with van der Waals surface area (Å²) in [4.78, 5) is 36.7. The molecule has 3 rings (SSSR count). The lowest BCUT2D eigenvalue weighted by molar-refractivity contribution is -0.113. The number of hydrogen-bond donors (Lipinski definition) is 2. The molecule has 1 heterocycles. The SMILES string of the molecule is CCOC(=O)c1cccc(NC(=O)CSc2nnc(CCNC(=O)c3ccc(OC)cc3)n2CC)c1. The zero-order valence-corrected chi connectivity index (χ0v) is 21.3. The molecule has 36 heavy (non-hydrogen) atoms. The Labute approximate surface area is 213 Å². The van der Waals surface area contributed by atoms with Crippen molar-refractivity contribution >= 4 is 35.2 Å². The summed E-state index contributed by atoms with van der Waals surface area (Å²) in [5, 5.41) is 14.7. The number of carbonyl (C=O) groups is 3. The fraction of sp³-hybridized carbons (Fsp3) is 0.320. The fourth-order valence-corrected chi connectivity index (χ4v) is 4.15. The standard InChI is InChI=1S/C25H29N5O5S/c1-4-30-21(13-14-26-23(32)17-9-11-20(34-3)12-10-17)28-29-25(30)36-16-22(31)27-19-8-6-7-18(15-19)24(33)35-5-2/h6-12,15H,4-5,13-14,16H2,1-3H3,(H,26,32)(H,27,31). The topological polar surface area (TPSA) is 124 Å². The van der Waals surface area contributed by atoms with E-state index in [1.165, 1.54) is 11.8 Å². The highest BCUT2D eigenvalue weighted by molar-refractivity contribution is 7.99. The first kappa shape index (κ1) is 26.7. The smallest absolute Gasteiger partial charge is 0.338 e. The molecule has 0 saturated carbocycles. The van der Waals surface area contributed by atoms with Crippen molar-refractivity contribution < 1.29 is 23.9 Å². The second-order valence-corrected chi connectivity index (χ2v) is 8.46. The van der Waals surface area contributed by atoms with Gasteiger partial charge in [0.05, 0.1) is 25.0 Å². The molecule has 0 saturated heterocycles. The molecule has 10 nitrogen and oxygen atoms in total. The Bertz CT molecular complexity index is 1200. The molecule has 0 aliphatic rings. The monoisotopic (exact) mass is 511 g/mol. The molecule has 190 valence electrons. The van der Waals surface area contributed by atoms with Gasteiger partial charge in [0, 0.05) is 30.8 Å². The molecule has 0 aliphatic carbocycles. The summed E-state index contributed by atoms with van der Waals surface area (Å²) in [6.45, 7) is 5.00. The van der Waals surface area contributed by atoms with Crippen LogP contribution in [0.3, 0.4) is 0 Å². The summed E-state index contributed by atoms with van der Waals surface area (Å²) in [5.74, 6) is 0.671. The maximum absolute atomic E-state index is 12.5. The zero-order chi connectivity index (χ0) is 25.9. The number of carbonyl (C=O) groups excluding carboxylic acids is 3. The third kappa shape index (κ3) is 7.32. The first-order valence-electron chi connectivity index (χ1n) is 11.5. The Morgan fingerprint density at radius 1 is 1.03 bits per heavy atom. The van der Waals surface area contributed by atoms with E-state index in [-0.39, 0.29) is 24.2 Å². The van der Waals surface area contributed by atoms with Crippen molar-refractivity contribution in [2.24, 2.45) is 0 Å². The molecule has 2 aromatic carbocycles. The highest BCUT2D eigenvalue weighted by atomic mass is 32.2. The van der Waals surface area contributed by atoms with Crippen LogP contribution >= 0.6 is 11.8 Å². The van der Waals surface area contributed by atoms with Crippen molar-refractivity contribution in [3.63, 3.8) is 0 Å². The Morgan fingerprint density at radius 2 is 1.81 bits per heavy atom. The summed E-state index contributed by atoms with van der Waals surface area (Å²) in [5.41, 5.74) is 1.43. The molecule has 3 aromatic rings. The predicted molar refractivity (Wildman–Crippen MR) is 136 cm³/mol. The molecule has 2 amide bonds. The summed E-state index contributed by atoms with van der Waals surface area (Å²) < 4.78 is 12.0. The van der Waals surface area contributed by atoms with Gasteiger partial charge in [-0.1, -0.05) is 17.8 Å². The van der Waals surface area contributed by atoms with Gasteiger partial charge in [-0.15, -0.1) is 10.2 Å². The van der Waals surface area contributed by atoms with Crippen molar-refractivity contribution in [3.05, 3.63) is 65.5 Å². The van der Waals surface area contributed by atoms with Crippen LogP contribution in [-0.2, 0) is 22.5 Å². The average molecular weight is 512 g/mol. The number of thioether (sulfide) groups is 1. The van der Waals surface area contributed by atoms with Gasteiger partial charge in [0.2, 0.25) is 5.91 Å². The van der Waals surface area contributed by atoms with E-state index in [4.69, 9.17) is 9.47 Å². The van der Waals surface area contributed by atoms with Crippen molar-refractivity contribution in [2.45, 2.75) is 32.0 Å². The fourth-order valence-electron chi connectivity index (χ4n) is 3.33. The van der Waals surface area contributed by atoms with Crippen LogP contribution in [0.2, 0.25) is 0 Å². The van der Waals surface area contributed by atoms with Crippen molar-refractivity contribution in [1.29, 1.82) is 0 Å². The van der Waals surface area contributed by atoms with Gasteiger partial charge in [0.25, 0.3) is 5.91 Å². The van der Waals surface area contributed by atoms with Crippen LogP contribution in [0.25, 0.3) is 0 Å². The highest BCUT2D eigenvalue weighted by Gasteiger charge is 2.15. The van der Waals surface area contributed by atoms with Crippen LogP contribution in [0.15, 0.2) is 53.7 Å². The summed E-state index contributed by atoms with van der Waals surface area (Å²) in [6.07, 6.45) is 0.496. The van der Waals surface area contributed by atoms with Crippen molar-refractivity contribution in [1.82, 2.24) is 20.1 Å². The number of benzene rings is 2. The van der Waals surface area contributed by atoms with Gasteiger partial charge < -0.3 is 24.7 Å². The summed E-state index contributed by atoms with van der Waals surface area (Å²) in [7, 11) is 1.57. The molecular weight excluding hydrogens is 482 g/mol. The largest absolute Gasteiger partial charge is 0.497 e. The van der Waals surface area contributed by atoms with Gasteiger partial charge in [-0.25, -0.2) is 4.79 Å². The van der Waals surface area contributed by atoms with Gasteiger partial charge in [0.1, 0.15) is 11.6 Å². The molecule has 0 unspecified atom stereocenters. The molecule has 0 spiro atoms. The third-order valence-electron chi connectivity index (χ3n) is 5.09. The van der Waals surface area contributed by atoms with Crippen LogP contribution in [0.4, 0.5) is 5.69 Å². The van der Waals surface area contributed by atoms with Gasteiger partial charge in [-0.2, -0.15) is 0 Å². The van der Waals surface area contributed by atoms with E-state index in [0.717, 1.165) is 5.82 Å². The highest BCUT2D eigenvalue weighted by Crippen LogP contribution is 2.19. The van der Waals surface area contributed by atoms with E-state index >= 15 is 0 Å². The molecular formula is C25H29N5O5S. The number of methoxy groups -OCH3 is 1. The molecule has 0 radical (unpaired) electrons.